The number of alkyl carbamates (subject to hydrolysis) is 2. The lowest BCUT2D eigenvalue weighted by molar-refractivity contribution is -0.345. The molecule has 18 nitrogen and oxygen atoms in total. The minimum atomic E-state index is -1.82. The van der Waals surface area contributed by atoms with E-state index in [1.54, 1.807) is 72.7 Å². The molecular formula is C42H69F2N5O13. The van der Waals surface area contributed by atoms with Gasteiger partial charge in [-0.1, -0.05) is 37.3 Å². The van der Waals surface area contributed by atoms with Gasteiger partial charge in [-0.05, 0) is 73.3 Å². The van der Waals surface area contributed by atoms with Gasteiger partial charge in [-0.2, -0.15) is 0 Å². The third kappa shape index (κ3) is 14.0. The number of likely N-dealkylation sites (N-methyl/N-ethyl adjacent to an activating group) is 1. The van der Waals surface area contributed by atoms with Crippen molar-refractivity contribution in [2.24, 2.45) is 0 Å². The van der Waals surface area contributed by atoms with Crippen LogP contribution in [0.2, 0.25) is 0 Å². The van der Waals surface area contributed by atoms with Gasteiger partial charge in [-0.25, -0.2) is 23.2 Å². The van der Waals surface area contributed by atoms with Gasteiger partial charge in [0.2, 0.25) is 0 Å². The Hall–Kier alpha value is -3.47. The molecule has 354 valence electrons. The minimum Gasteiger partial charge on any atom is -0.445 e. The van der Waals surface area contributed by atoms with Gasteiger partial charge in [-0.3, -0.25) is 5.32 Å². The van der Waals surface area contributed by atoms with E-state index in [1.807, 2.05) is 6.07 Å². The molecule has 2 heterocycles. The lowest BCUT2D eigenvalue weighted by Gasteiger charge is -2.53. The molecule has 20 heteroatoms. The first-order valence-electron chi connectivity index (χ1n) is 21.3. The molecule has 12 atom stereocenters. The van der Waals surface area contributed by atoms with Crippen LogP contribution in [0.25, 0.3) is 0 Å². The standard InChI is InChI=1S/C42H69F2N5O13/c1-10-42(28(45-20-18-43)16-17-29(59-42)46-21-19-44)60-33-27(48-37(53)61-39(2,3)4)22-26(47-36(52)56-23-25-14-12-11-13-15-25)32(30(33)50)58-35-31(51)34(41(8,55)24-57-35)49(9)38(54)62-40(5,6)7/h11-15,26-35,45-46,50-51,55H,10,16-24H2,1-9H3,(H,47,52)(H,48,53)/t26-,27+,28-,29+,30+,31-,32+,33-,34-,35-,41+,42+/m1/s1. The molecule has 4 rings (SSSR count). The highest BCUT2D eigenvalue weighted by atomic mass is 19.1. The van der Waals surface area contributed by atoms with Crippen LogP contribution in [0.1, 0.15) is 86.6 Å². The van der Waals surface area contributed by atoms with Crippen LogP contribution in [0.5, 0.6) is 0 Å². The molecule has 2 saturated heterocycles. The third-order valence-corrected chi connectivity index (χ3v) is 10.7. The van der Waals surface area contributed by atoms with E-state index in [-0.39, 0.29) is 32.5 Å². The van der Waals surface area contributed by atoms with Crippen LogP contribution in [0, 0.1) is 0 Å². The summed E-state index contributed by atoms with van der Waals surface area (Å²) in [5, 5.41) is 47.4. The molecule has 0 bridgehead atoms. The van der Waals surface area contributed by atoms with E-state index >= 15 is 0 Å². The van der Waals surface area contributed by atoms with E-state index in [2.05, 4.69) is 21.3 Å². The largest absolute Gasteiger partial charge is 0.445 e. The lowest BCUT2D eigenvalue weighted by atomic mass is 9.82. The Labute approximate surface area is 363 Å². The number of nitrogens with zero attached hydrogens (tertiary/aromatic N) is 1. The minimum absolute atomic E-state index is 0.0216. The Kier molecular flexibility index (Phi) is 18.1. The van der Waals surface area contributed by atoms with E-state index in [0.717, 1.165) is 4.90 Å². The number of hydrogen-bond acceptors (Lipinski definition) is 15. The molecule has 3 aliphatic rings. The van der Waals surface area contributed by atoms with E-state index in [4.69, 9.17) is 33.2 Å². The zero-order valence-electron chi connectivity index (χ0n) is 37.4. The summed E-state index contributed by atoms with van der Waals surface area (Å²) >= 11 is 0. The molecule has 3 amide bonds. The number of aliphatic hydroxyl groups is 3. The Morgan fingerprint density at radius 2 is 1.50 bits per heavy atom. The van der Waals surface area contributed by atoms with E-state index in [0.29, 0.717) is 18.4 Å². The first-order valence-corrected chi connectivity index (χ1v) is 21.3. The van der Waals surface area contributed by atoms with Crippen molar-refractivity contribution in [3.05, 3.63) is 35.9 Å². The second kappa shape index (κ2) is 21.9. The van der Waals surface area contributed by atoms with E-state index < -0.39 is 122 Å². The molecule has 0 unspecified atom stereocenters. The van der Waals surface area contributed by atoms with Crippen molar-refractivity contribution in [1.29, 1.82) is 0 Å². The number of nitrogens with one attached hydrogen (secondary N) is 4. The number of halogens is 2. The highest BCUT2D eigenvalue weighted by molar-refractivity contribution is 5.69. The maximum Gasteiger partial charge on any atom is 0.410 e. The number of aliphatic hydroxyl groups excluding tert-OH is 2. The number of alkyl halides is 2. The summed E-state index contributed by atoms with van der Waals surface area (Å²) in [5.41, 5.74) is -2.98. The highest BCUT2D eigenvalue weighted by Gasteiger charge is 2.57. The van der Waals surface area contributed by atoms with E-state index in [1.165, 1.54) is 14.0 Å². The van der Waals surface area contributed by atoms with Gasteiger partial charge in [0.25, 0.3) is 0 Å². The van der Waals surface area contributed by atoms with Crippen molar-refractivity contribution >= 4 is 18.3 Å². The van der Waals surface area contributed by atoms with Gasteiger partial charge in [0.15, 0.2) is 12.1 Å². The summed E-state index contributed by atoms with van der Waals surface area (Å²) in [7, 11) is 1.34. The van der Waals surface area contributed by atoms with Gasteiger partial charge < -0.3 is 69.3 Å². The molecule has 7 N–H and O–H groups in total. The predicted octanol–water partition coefficient (Wildman–Crippen LogP) is 3.14. The average molecular weight is 890 g/mol. The molecule has 0 spiro atoms. The maximum absolute atomic E-state index is 13.6. The third-order valence-electron chi connectivity index (χ3n) is 10.7. The second-order valence-electron chi connectivity index (χ2n) is 18.2. The number of amides is 3. The first-order chi connectivity index (χ1) is 29.0. The molecule has 1 aromatic carbocycles. The smallest absolute Gasteiger partial charge is 0.410 e. The van der Waals surface area contributed by atoms with Crippen LogP contribution < -0.4 is 21.3 Å². The Bertz CT molecular complexity index is 1590. The summed E-state index contributed by atoms with van der Waals surface area (Å²) in [6.07, 6.45) is -10.7. The van der Waals surface area contributed by atoms with Gasteiger partial charge in [0.05, 0.1) is 30.8 Å². The average Bonchev–Trinajstić information content (AvgIpc) is 3.18. The Morgan fingerprint density at radius 3 is 2.11 bits per heavy atom. The number of ether oxygens (including phenoxy) is 7. The maximum atomic E-state index is 13.6. The molecule has 1 aromatic rings. The van der Waals surface area contributed by atoms with Crippen LogP contribution in [0.3, 0.4) is 0 Å². The Balaban J connectivity index is 1.76. The van der Waals surface area contributed by atoms with Crippen molar-refractivity contribution in [3.8, 4) is 0 Å². The summed E-state index contributed by atoms with van der Waals surface area (Å²) in [6.45, 7) is 11.1. The summed E-state index contributed by atoms with van der Waals surface area (Å²) < 4.78 is 69.2. The number of rotatable bonds is 16. The predicted molar refractivity (Wildman–Crippen MR) is 220 cm³/mol. The number of benzene rings is 1. The summed E-state index contributed by atoms with van der Waals surface area (Å²) in [5.74, 6) is -1.61. The van der Waals surface area contributed by atoms with Crippen LogP contribution in [-0.4, -0.2) is 162 Å². The summed E-state index contributed by atoms with van der Waals surface area (Å²) in [4.78, 5) is 41.2. The Morgan fingerprint density at radius 1 is 0.887 bits per heavy atom. The van der Waals surface area contributed by atoms with Gasteiger partial charge >= 0.3 is 18.3 Å². The highest BCUT2D eigenvalue weighted by Crippen LogP contribution is 2.39. The molecule has 0 aromatic heterocycles. The van der Waals surface area contributed by atoms with Crippen molar-refractivity contribution < 1.29 is 71.6 Å². The van der Waals surface area contributed by atoms with Gasteiger partial charge in [0.1, 0.15) is 67.4 Å². The zero-order chi connectivity index (χ0) is 46.0. The van der Waals surface area contributed by atoms with Crippen LogP contribution in [-0.2, 0) is 39.8 Å². The summed E-state index contributed by atoms with van der Waals surface area (Å²) in [6, 6.07) is 4.54. The van der Waals surface area contributed by atoms with Crippen molar-refractivity contribution in [3.63, 3.8) is 0 Å². The molecular weight excluding hydrogens is 820 g/mol. The van der Waals surface area contributed by atoms with Crippen LogP contribution in [0.15, 0.2) is 30.3 Å². The number of carbonyl (C=O) groups excluding carboxylic acids is 3. The second-order valence-corrected chi connectivity index (χ2v) is 18.2. The fourth-order valence-electron chi connectivity index (χ4n) is 8.03. The van der Waals surface area contributed by atoms with Crippen LogP contribution in [0.4, 0.5) is 23.2 Å². The molecule has 0 radical (unpaired) electrons. The number of carbonyl (C=O) groups is 3. The molecule has 62 heavy (non-hydrogen) atoms. The first kappa shape index (κ1) is 51.2. The quantitative estimate of drug-likeness (QED) is 0.118. The molecule has 1 aliphatic carbocycles. The van der Waals surface area contributed by atoms with Crippen LogP contribution >= 0.6 is 0 Å². The fourth-order valence-corrected chi connectivity index (χ4v) is 8.03. The van der Waals surface area contributed by atoms with Crippen molar-refractivity contribution in [1.82, 2.24) is 26.2 Å². The normalized spacial score (nSPS) is 32.9. The van der Waals surface area contributed by atoms with Crippen molar-refractivity contribution in [2.75, 3.05) is 40.1 Å². The van der Waals surface area contributed by atoms with Gasteiger partial charge in [-0.15, -0.1) is 0 Å². The SMILES string of the molecule is CC[C@@]1(O[C@H]2[C@@H](O)[C@@H](O[C@H]3OC[C@](C)(O)[C@H](N(C)C(=O)OC(C)(C)C)[C@H]3O)[C@H](NC(=O)OCc3ccccc3)C[C@@H]2NC(=O)OC(C)(C)C)O[C@H](NCCF)CC[C@H]1NCCF. The number of hydrogen-bond donors (Lipinski definition) is 7. The van der Waals surface area contributed by atoms with Crippen molar-refractivity contribution in [2.45, 2.75) is 171 Å². The van der Waals surface area contributed by atoms with E-state index in [9.17, 15) is 38.5 Å². The molecule has 1 saturated carbocycles. The monoisotopic (exact) mass is 889 g/mol. The molecule has 2 aliphatic heterocycles. The molecule has 3 fully saturated rings. The topological polar surface area (TPSA) is 228 Å². The zero-order valence-corrected chi connectivity index (χ0v) is 37.4. The lowest BCUT2D eigenvalue weighted by Crippen LogP contribution is -2.72. The van der Waals surface area contributed by atoms with Gasteiger partial charge in [0, 0.05) is 26.6 Å². The fraction of sp³-hybridized carbons (Fsp3) is 0.786.